The molecule has 0 aliphatic heterocycles. The van der Waals surface area contributed by atoms with Crippen LogP contribution in [0.2, 0.25) is 18.1 Å². The van der Waals surface area contributed by atoms with Crippen LogP contribution in [0.3, 0.4) is 0 Å². The van der Waals surface area contributed by atoms with Gasteiger partial charge >= 0.3 is 0 Å². The van der Waals surface area contributed by atoms with E-state index in [0.29, 0.717) is 6.42 Å². The van der Waals surface area contributed by atoms with E-state index in [9.17, 15) is 13.0 Å². The summed E-state index contributed by atoms with van der Waals surface area (Å²) in [6.07, 6.45) is 1.88. The maximum Gasteiger partial charge on any atom is 0.265 e. The molecule has 128 valence electrons. The lowest BCUT2D eigenvalue weighted by molar-refractivity contribution is 0.0768. The van der Waals surface area contributed by atoms with Gasteiger partial charge in [-0.3, -0.25) is 4.55 Å². The summed E-state index contributed by atoms with van der Waals surface area (Å²) in [5.41, 5.74) is 8.70. The number of nitrogens with zero attached hydrogens (tertiary/aromatic N) is 3. The molecule has 0 radical (unpaired) electrons. The Kier molecular flexibility index (Phi) is 6.08. The van der Waals surface area contributed by atoms with E-state index in [-0.39, 0.29) is 11.1 Å². The lowest BCUT2D eigenvalue weighted by Crippen LogP contribution is -2.50. The van der Waals surface area contributed by atoms with E-state index < -0.39 is 36.1 Å². The van der Waals surface area contributed by atoms with E-state index >= 15 is 0 Å². The molecule has 1 aliphatic carbocycles. The second-order valence-corrected chi connectivity index (χ2v) is 13.8. The zero-order valence-corrected chi connectivity index (χ0v) is 15.8. The lowest BCUT2D eigenvalue weighted by Gasteiger charge is -2.44. The van der Waals surface area contributed by atoms with Crippen LogP contribution in [0.25, 0.3) is 10.4 Å². The smallest absolute Gasteiger partial charge is 0.265 e. The molecular formula is C13H27N3O4SSi. The molecule has 9 heteroatoms. The van der Waals surface area contributed by atoms with Gasteiger partial charge in [-0.2, -0.15) is 8.42 Å². The van der Waals surface area contributed by atoms with Gasteiger partial charge < -0.3 is 4.43 Å². The molecule has 3 atom stereocenters. The average Bonchev–Trinajstić information content (AvgIpc) is 2.30. The van der Waals surface area contributed by atoms with Crippen LogP contribution in [0, 0.1) is 5.92 Å². The van der Waals surface area contributed by atoms with Crippen LogP contribution in [0.5, 0.6) is 0 Å². The number of rotatable bonds is 5. The van der Waals surface area contributed by atoms with E-state index in [1.54, 1.807) is 0 Å². The maximum atomic E-state index is 11.3. The first-order valence-corrected chi connectivity index (χ1v) is 12.1. The molecule has 7 nitrogen and oxygen atoms in total. The van der Waals surface area contributed by atoms with Gasteiger partial charge in [-0.1, -0.05) is 32.3 Å². The summed E-state index contributed by atoms with van der Waals surface area (Å²) in [6.45, 7) is 10.6. The summed E-state index contributed by atoms with van der Waals surface area (Å²) in [4.78, 5) is 2.82. The molecule has 0 bridgehead atoms. The topological polar surface area (TPSA) is 112 Å². The van der Waals surface area contributed by atoms with Crippen LogP contribution in [0.1, 0.15) is 40.0 Å². The molecule has 1 fully saturated rings. The molecule has 1 N–H and O–H groups in total. The minimum atomic E-state index is -4.15. The highest BCUT2D eigenvalue weighted by atomic mass is 32.2. The molecule has 22 heavy (non-hydrogen) atoms. The SMILES string of the molecule is CC(C)(C)[Si](C)(C)O[C@@H]1CCC[C@H](N=[N+]=[N-])[C@H]1CS(=O)(=O)O. The average molecular weight is 350 g/mol. The fourth-order valence-electron chi connectivity index (χ4n) is 2.58. The molecule has 0 spiro atoms. The Morgan fingerprint density at radius 2 is 1.95 bits per heavy atom. The summed E-state index contributed by atoms with van der Waals surface area (Å²) < 4.78 is 38.3. The van der Waals surface area contributed by atoms with Gasteiger partial charge in [-0.25, -0.2) is 0 Å². The van der Waals surface area contributed by atoms with Crippen LogP contribution in [-0.4, -0.2) is 39.2 Å². The van der Waals surface area contributed by atoms with Crippen molar-refractivity contribution >= 4 is 18.4 Å². The zero-order chi connectivity index (χ0) is 17.2. The van der Waals surface area contributed by atoms with Gasteiger partial charge in [0, 0.05) is 23.0 Å². The fourth-order valence-corrected chi connectivity index (χ4v) is 4.90. The van der Waals surface area contributed by atoms with E-state index in [4.69, 9.17) is 9.96 Å². The Hall–Kier alpha value is -0.603. The van der Waals surface area contributed by atoms with Crippen LogP contribution >= 0.6 is 0 Å². The van der Waals surface area contributed by atoms with Crippen molar-refractivity contribution in [2.24, 2.45) is 11.0 Å². The van der Waals surface area contributed by atoms with Gasteiger partial charge in [0.1, 0.15) is 0 Å². The van der Waals surface area contributed by atoms with Gasteiger partial charge in [0.2, 0.25) is 0 Å². The summed E-state index contributed by atoms with van der Waals surface area (Å²) in [5, 5.41) is 3.73. The second kappa shape index (κ2) is 6.88. The van der Waals surface area contributed by atoms with E-state index in [1.165, 1.54) is 0 Å². The van der Waals surface area contributed by atoms with Gasteiger partial charge in [0.05, 0.1) is 5.75 Å². The standard InChI is InChI=1S/C13H27N3O4SSi/c1-13(2,3)22(4,5)20-12-8-6-7-11(15-16-14)10(12)9-21(17,18)19/h10-12H,6-9H2,1-5H3,(H,17,18,19)/t10-,11+,12-/m1/s1. The zero-order valence-electron chi connectivity index (χ0n) is 14.0. The molecule has 0 heterocycles. The maximum absolute atomic E-state index is 11.3. The number of hydrogen-bond donors (Lipinski definition) is 1. The Balaban J connectivity index is 3.05. The Morgan fingerprint density at radius 3 is 2.41 bits per heavy atom. The first-order chi connectivity index (χ1) is 9.87. The second-order valence-electron chi connectivity index (χ2n) is 7.53. The Bertz CT molecular complexity index is 538. The molecule has 0 saturated heterocycles. The summed E-state index contributed by atoms with van der Waals surface area (Å²) in [5.74, 6) is -0.913. The predicted octanol–water partition coefficient (Wildman–Crippen LogP) is 3.74. The van der Waals surface area contributed by atoms with Crippen LogP contribution < -0.4 is 0 Å². The lowest BCUT2D eigenvalue weighted by atomic mass is 9.84. The van der Waals surface area contributed by atoms with E-state index in [2.05, 4.69) is 43.9 Å². The third-order valence-electron chi connectivity index (χ3n) is 4.82. The largest absolute Gasteiger partial charge is 0.414 e. The van der Waals surface area contributed by atoms with Crippen LogP contribution in [-0.2, 0) is 14.5 Å². The van der Waals surface area contributed by atoms with Gasteiger partial charge in [0.25, 0.3) is 10.1 Å². The fraction of sp³-hybridized carbons (Fsp3) is 1.00. The normalized spacial score (nSPS) is 27.3. The predicted molar refractivity (Wildman–Crippen MR) is 88.8 cm³/mol. The van der Waals surface area contributed by atoms with Crippen LogP contribution in [0.15, 0.2) is 5.11 Å². The summed E-state index contributed by atoms with van der Waals surface area (Å²) in [7, 11) is -6.22. The molecular weight excluding hydrogens is 322 g/mol. The minimum Gasteiger partial charge on any atom is -0.414 e. The highest BCUT2D eigenvalue weighted by molar-refractivity contribution is 7.85. The highest BCUT2D eigenvalue weighted by Crippen LogP contribution is 2.41. The highest BCUT2D eigenvalue weighted by Gasteiger charge is 2.44. The monoisotopic (exact) mass is 349 g/mol. The van der Waals surface area contributed by atoms with Crippen molar-refractivity contribution in [3.63, 3.8) is 0 Å². The quantitative estimate of drug-likeness (QED) is 0.268. The Labute approximate surface area is 133 Å². The molecule has 1 rings (SSSR count). The molecule has 0 aromatic carbocycles. The first-order valence-electron chi connectivity index (χ1n) is 7.54. The molecule has 1 saturated carbocycles. The molecule has 0 unspecified atom stereocenters. The van der Waals surface area contributed by atoms with Crippen molar-refractivity contribution in [3.8, 4) is 0 Å². The van der Waals surface area contributed by atoms with E-state index in [0.717, 1.165) is 12.8 Å². The van der Waals surface area contributed by atoms with Crippen molar-refractivity contribution in [3.05, 3.63) is 10.4 Å². The molecule has 0 amide bonds. The van der Waals surface area contributed by atoms with Crippen LogP contribution in [0.4, 0.5) is 0 Å². The van der Waals surface area contributed by atoms with Crippen molar-refractivity contribution in [1.29, 1.82) is 0 Å². The van der Waals surface area contributed by atoms with Gasteiger partial charge in [0.15, 0.2) is 8.32 Å². The third kappa shape index (κ3) is 5.24. The van der Waals surface area contributed by atoms with Crippen molar-refractivity contribution in [1.82, 2.24) is 0 Å². The summed E-state index contributed by atoms with van der Waals surface area (Å²) in [6, 6.07) is -0.449. The number of hydrogen-bond acceptors (Lipinski definition) is 4. The molecule has 0 aromatic heterocycles. The third-order valence-corrected chi connectivity index (χ3v) is 10.1. The van der Waals surface area contributed by atoms with Crippen molar-refractivity contribution in [2.75, 3.05) is 5.75 Å². The van der Waals surface area contributed by atoms with Gasteiger partial charge in [-0.05, 0) is 36.5 Å². The van der Waals surface area contributed by atoms with Crippen molar-refractivity contribution < 1.29 is 17.4 Å². The summed E-state index contributed by atoms with van der Waals surface area (Å²) >= 11 is 0. The molecule has 1 aliphatic rings. The minimum absolute atomic E-state index is 0.00107. The Morgan fingerprint density at radius 1 is 1.36 bits per heavy atom. The first kappa shape index (κ1) is 19.4. The van der Waals surface area contributed by atoms with Crippen molar-refractivity contribution in [2.45, 2.75) is 70.3 Å². The van der Waals surface area contributed by atoms with Gasteiger partial charge in [-0.15, -0.1) is 0 Å². The molecule has 0 aromatic rings. The number of azide groups is 1. The van der Waals surface area contributed by atoms with E-state index in [1.807, 2.05) is 0 Å².